The molecule has 2 rings (SSSR count). The van der Waals surface area contributed by atoms with E-state index in [0.717, 1.165) is 0 Å². The molecule has 0 radical (unpaired) electrons. The van der Waals surface area contributed by atoms with E-state index in [9.17, 15) is 0 Å². The van der Waals surface area contributed by atoms with E-state index in [0.29, 0.717) is 22.5 Å². The first kappa shape index (κ1) is 11.4. The zero-order valence-electron chi connectivity index (χ0n) is 9.21. The second-order valence-electron chi connectivity index (χ2n) is 3.07. The second kappa shape index (κ2) is 4.80. The van der Waals surface area contributed by atoms with Gasteiger partial charge in [-0.2, -0.15) is 15.6 Å². The van der Waals surface area contributed by atoms with Crippen LogP contribution in [0.1, 0.15) is 0 Å². The Morgan fingerprint density at radius 1 is 1.33 bits per heavy atom. The van der Waals surface area contributed by atoms with Crippen LogP contribution in [0.4, 0.5) is 5.69 Å². The molecule has 1 N–H and O–H groups in total. The smallest absolute Gasteiger partial charge is 0.237 e. The molecule has 0 atom stereocenters. The van der Waals surface area contributed by atoms with Gasteiger partial charge < -0.3 is 4.74 Å². The first-order chi connectivity index (χ1) is 8.80. The van der Waals surface area contributed by atoms with Crippen molar-refractivity contribution in [2.24, 2.45) is 5.10 Å². The highest BCUT2D eigenvalue weighted by atomic mass is 16.6. The van der Waals surface area contributed by atoms with Crippen LogP contribution >= 0.6 is 0 Å². The summed E-state index contributed by atoms with van der Waals surface area (Å²) in [6, 6.07) is 6.53. The highest BCUT2D eigenvalue weighted by Gasteiger charge is 2.11. The van der Waals surface area contributed by atoms with E-state index in [2.05, 4.69) is 25.5 Å². The molecule has 0 aliphatic carbocycles. The number of aromatic nitrogens is 2. The first-order valence-corrected chi connectivity index (χ1v) is 4.73. The SMILES string of the molecule is COc1ccc(NN=C(C#N)C#N)c2nonc12. The number of hydrogen-bond donors (Lipinski definition) is 1. The van der Waals surface area contributed by atoms with E-state index in [1.165, 1.54) is 7.11 Å². The summed E-state index contributed by atoms with van der Waals surface area (Å²) in [7, 11) is 1.50. The van der Waals surface area contributed by atoms with Crippen LogP contribution in [0.2, 0.25) is 0 Å². The Labute approximate surface area is 101 Å². The van der Waals surface area contributed by atoms with Crippen molar-refractivity contribution in [2.45, 2.75) is 0 Å². The number of fused-ring (bicyclic) bond motifs is 1. The lowest BCUT2D eigenvalue weighted by atomic mass is 10.2. The molecule has 0 aliphatic rings. The van der Waals surface area contributed by atoms with Crippen molar-refractivity contribution < 1.29 is 9.37 Å². The van der Waals surface area contributed by atoms with Gasteiger partial charge >= 0.3 is 0 Å². The van der Waals surface area contributed by atoms with Gasteiger partial charge in [0.25, 0.3) is 0 Å². The van der Waals surface area contributed by atoms with Crippen LogP contribution in [0.15, 0.2) is 21.9 Å². The summed E-state index contributed by atoms with van der Waals surface area (Å²) in [6.07, 6.45) is 0. The summed E-state index contributed by atoms with van der Waals surface area (Å²) in [5.74, 6) is 0.501. The number of nitrogens with one attached hydrogen (secondary N) is 1. The Bertz CT molecular complexity index is 674. The highest BCUT2D eigenvalue weighted by Crippen LogP contribution is 2.28. The number of rotatable bonds is 3. The number of nitrogens with zero attached hydrogens (tertiary/aromatic N) is 5. The van der Waals surface area contributed by atoms with Crippen molar-refractivity contribution in [2.75, 3.05) is 12.5 Å². The number of anilines is 1. The minimum atomic E-state index is -0.296. The molecule has 1 heterocycles. The monoisotopic (exact) mass is 242 g/mol. The zero-order valence-corrected chi connectivity index (χ0v) is 9.21. The number of hydrazone groups is 1. The minimum Gasteiger partial charge on any atom is -0.494 e. The van der Waals surface area contributed by atoms with Gasteiger partial charge in [0.2, 0.25) is 5.71 Å². The van der Waals surface area contributed by atoms with Gasteiger partial charge in [-0.05, 0) is 22.4 Å². The molecule has 0 unspecified atom stereocenters. The van der Waals surface area contributed by atoms with Crippen molar-refractivity contribution >= 4 is 22.4 Å². The fourth-order valence-corrected chi connectivity index (χ4v) is 1.29. The van der Waals surface area contributed by atoms with Crippen LogP contribution in [0, 0.1) is 22.7 Å². The Morgan fingerprint density at radius 3 is 2.72 bits per heavy atom. The number of methoxy groups -OCH3 is 1. The third-order valence-corrected chi connectivity index (χ3v) is 2.10. The van der Waals surface area contributed by atoms with E-state index in [1.54, 1.807) is 24.3 Å². The zero-order chi connectivity index (χ0) is 13.0. The number of hydrogen-bond acceptors (Lipinski definition) is 8. The lowest BCUT2D eigenvalue weighted by Gasteiger charge is -2.02. The fraction of sp³-hybridized carbons (Fsp3) is 0.100. The fourth-order valence-electron chi connectivity index (χ4n) is 1.29. The van der Waals surface area contributed by atoms with Crippen LogP contribution in [0.5, 0.6) is 5.75 Å². The van der Waals surface area contributed by atoms with Gasteiger partial charge in [-0.15, -0.1) is 0 Å². The molecule has 0 fully saturated rings. The predicted octanol–water partition coefficient (Wildman–Crippen LogP) is 1.05. The lowest BCUT2D eigenvalue weighted by Crippen LogP contribution is -1.97. The summed E-state index contributed by atoms with van der Waals surface area (Å²) in [5.41, 5.74) is 3.53. The van der Waals surface area contributed by atoms with Crippen LogP contribution < -0.4 is 10.2 Å². The largest absolute Gasteiger partial charge is 0.494 e. The van der Waals surface area contributed by atoms with E-state index in [-0.39, 0.29) is 5.71 Å². The van der Waals surface area contributed by atoms with Crippen LogP contribution in [0.25, 0.3) is 11.0 Å². The van der Waals surface area contributed by atoms with Gasteiger partial charge in [-0.3, -0.25) is 5.43 Å². The Hall–Kier alpha value is -3.13. The average Bonchev–Trinajstić information content (AvgIpc) is 2.89. The second-order valence-corrected chi connectivity index (χ2v) is 3.07. The van der Waals surface area contributed by atoms with Gasteiger partial charge in [-0.25, -0.2) is 4.63 Å². The molecule has 18 heavy (non-hydrogen) atoms. The van der Waals surface area contributed by atoms with Crippen LogP contribution in [-0.2, 0) is 0 Å². The summed E-state index contributed by atoms with van der Waals surface area (Å²) in [5, 5.41) is 28.1. The van der Waals surface area contributed by atoms with E-state index in [4.69, 9.17) is 15.3 Å². The molecule has 0 amide bonds. The van der Waals surface area contributed by atoms with Gasteiger partial charge in [0.1, 0.15) is 12.1 Å². The van der Waals surface area contributed by atoms with Crippen molar-refractivity contribution in [3.05, 3.63) is 12.1 Å². The summed E-state index contributed by atoms with van der Waals surface area (Å²) in [4.78, 5) is 0. The molecule has 0 saturated carbocycles. The molecule has 8 heteroatoms. The molecule has 2 aromatic rings. The number of nitriles is 2. The first-order valence-electron chi connectivity index (χ1n) is 4.73. The van der Waals surface area contributed by atoms with Gasteiger partial charge in [0.05, 0.1) is 12.8 Å². The maximum Gasteiger partial charge on any atom is 0.237 e. The van der Waals surface area contributed by atoms with E-state index < -0.39 is 0 Å². The lowest BCUT2D eigenvalue weighted by molar-refractivity contribution is 0.314. The standard InChI is InChI=1S/C10H6N6O2/c1-17-8-3-2-7(9-10(8)16-18-15-9)14-13-6(4-11)5-12/h2-3,14H,1H3. The minimum absolute atomic E-state index is 0.296. The Balaban J connectivity index is 2.42. The summed E-state index contributed by atoms with van der Waals surface area (Å²) >= 11 is 0. The van der Waals surface area contributed by atoms with Gasteiger partial charge in [0, 0.05) is 0 Å². The molecule has 0 spiro atoms. The molecular weight excluding hydrogens is 236 g/mol. The highest BCUT2D eigenvalue weighted by molar-refractivity contribution is 6.10. The van der Waals surface area contributed by atoms with Gasteiger partial charge in [-0.1, -0.05) is 0 Å². The molecule has 0 bridgehead atoms. The molecule has 0 saturated heterocycles. The maximum absolute atomic E-state index is 8.55. The van der Waals surface area contributed by atoms with Crippen LogP contribution in [0.3, 0.4) is 0 Å². The Morgan fingerprint density at radius 2 is 2.06 bits per heavy atom. The number of ether oxygens (including phenoxy) is 1. The Kier molecular flexibility index (Phi) is 3.03. The van der Waals surface area contributed by atoms with Crippen LogP contribution in [-0.4, -0.2) is 23.1 Å². The molecule has 1 aromatic carbocycles. The van der Waals surface area contributed by atoms with E-state index >= 15 is 0 Å². The van der Waals surface area contributed by atoms with Crippen molar-refractivity contribution in [3.63, 3.8) is 0 Å². The van der Waals surface area contributed by atoms with Crippen molar-refractivity contribution in [1.82, 2.24) is 10.3 Å². The quantitative estimate of drug-likeness (QED) is 0.630. The molecule has 1 aromatic heterocycles. The molecule has 88 valence electrons. The molecule has 8 nitrogen and oxygen atoms in total. The third kappa shape index (κ3) is 1.90. The van der Waals surface area contributed by atoms with Gasteiger partial charge in [0.15, 0.2) is 16.8 Å². The molecular formula is C10H6N6O2. The summed E-state index contributed by atoms with van der Waals surface area (Å²) < 4.78 is 9.69. The summed E-state index contributed by atoms with van der Waals surface area (Å²) in [6.45, 7) is 0. The predicted molar refractivity (Wildman–Crippen MR) is 60.6 cm³/mol. The third-order valence-electron chi connectivity index (χ3n) is 2.10. The normalized spacial score (nSPS) is 9.28. The maximum atomic E-state index is 8.55. The molecule has 0 aliphatic heterocycles. The van der Waals surface area contributed by atoms with E-state index in [1.807, 2.05) is 0 Å². The van der Waals surface area contributed by atoms with Crippen molar-refractivity contribution in [3.8, 4) is 17.9 Å². The average molecular weight is 242 g/mol. The van der Waals surface area contributed by atoms with Crippen molar-refractivity contribution in [1.29, 1.82) is 10.5 Å². The number of benzene rings is 1. The topological polar surface area (TPSA) is 120 Å².